The molecule has 0 aromatic heterocycles. The number of aryl methyl sites for hydroxylation is 1. The predicted octanol–water partition coefficient (Wildman–Crippen LogP) is 3.08. The summed E-state index contributed by atoms with van der Waals surface area (Å²) in [6.07, 6.45) is -0.434. The van der Waals surface area contributed by atoms with E-state index >= 15 is 0 Å². The number of nitrogens with one attached hydrogen (secondary N) is 1. The van der Waals surface area contributed by atoms with E-state index in [0.717, 1.165) is 5.56 Å². The molecule has 2 aromatic carbocycles. The van der Waals surface area contributed by atoms with E-state index in [1.165, 1.54) is 6.92 Å². The molecule has 0 spiro atoms. The molecule has 0 aliphatic heterocycles. The number of hydrogen-bond acceptors (Lipinski definition) is 6. The molecule has 0 bridgehead atoms. The standard InChI is InChI=1S/C21H22N2O5/c1-14(21(25)23-17-7-5-4-6-16(17)13-22)28-20(24)11-9-15-8-10-18(26-2)19(12-15)27-3/h4-8,10,12,14H,9,11H2,1-3H3,(H,23,25)/t14-/m1/s1. The zero-order chi connectivity index (χ0) is 20.5. The Hall–Kier alpha value is -3.53. The van der Waals surface area contributed by atoms with Crippen LogP contribution in [0.3, 0.4) is 0 Å². The van der Waals surface area contributed by atoms with Crippen molar-refractivity contribution in [3.05, 3.63) is 53.6 Å². The van der Waals surface area contributed by atoms with E-state index in [1.807, 2.05) is 12.1 Å². The summed E-state index contributed by atoms with van der Waals surface area (Å²) >= 11 is 0. The molecule has 7 heteroatoms. The minimum atomic E-state index is -0.982. The Bertz CT molecular complexity index is 889. The van der Waals surface area contributed by atoms with Crippen molar-refractivity contribution in [1.82, 2.24) is 0 Å². The summed E-state index contributed by atoms with van der Waals surface area (Å²) in [5.74, 6) is 0.196. The van der Waals surface area contributed by atoms with Gasteiger partial charge in [0.05, 0.1) is 25.5 Å². The number of benzene rings is 2. The van der Waals surface area contributed by atoms with E-state index in [-0.39, 0.29) is 6.42 Å². The van der Waals surface area contributed by atoms with Crippen molar-refractivity contribution >= 4 is 17.6 Å². The number of nitriles is 1. The van der Waals surface area contributed by atoms with Gasteiger partial charge in [-0.25, -0.2) is 0 Å². The average molecular weight is 382 g/mol. The fourth-order valence-electron chi connectivity index (χ4n) is 2.52. The first-order chi connectivity index (χ1) is 13.5. The van der Waals surface area contributed by atoms with Crippen LogP contribution in [0.25, 0.3) is 0 Å². The fourth-order valence-corrected chi connectivity index (χ4v) is 2.52. The highest BCUT2D eigenvalue weighted by atomic mass is 16.5. The molecule has 0 aliphatic rings. The van der Waals surface area contributed by atoms with Crippen LogP contribution in [-0.2, 0) is 20.7 Å². The SMILES string of the molecule is COc1ccc(CCC(=O)O[C@H](C)C(=O)Nc2ccccc2C#N)cc1OC. The van der Waals surface area contributed by atoms with E-state index in [2.05, 4.69) is 5.32 Å². The third kappa shape index (κ3) is 5.48. The van der Waals surface area contributed by atoms with Gasteiger partial charge in [0.15, 0.2) is 17.6 Å². The predicted molar refractivity (Wildman–Crippen MR) is 103 cm³/mol. The summed E-state index contributed by atoms with van der Waals surface area (Å²) in [6, 6.07) is 14.0. The first-order valence-electron chi connectivity index (χ1n) is 8.68. The number of methoxy groups -OCH3 is 2. The number of hydrogen-bond donors (Lipinski definition) is 1. The Balaban J connectivity index is 1.88. The van der Waals surface area contributed by atoms with Crippen LogP contribution in [0.1, 0.15) is 24.5 Å². The second-order valence-corrected chi connectivity index (χ2v) is 5.97. The summed E-state index contributed by atoms with van der Waals surface area (Å²) in [5, 5.41) is 11.7. The van der Waals surface area contributed by atoms with Crippen molar-refractivity contribution in [2.45, 2.75) is 25.9 Å². The zero-order valence-corrected chi connectivity index (χ0v) is 16.0. The van der Waals surface area contributed by atoms with Crippen molar-refractivity contribution in [2.75, 3.05) is 19.5 Å². The quantitative estimate of drug-likeness (QED) is 0.705. The van der Waals surface area contributed by atoms with Gasteiger partial charge in [-0.05, 0) is 43.2 Å². The summed E-state index contributed by atoms with van der Waals surface area (Å²) < 4.78 is 15.6. The van der Waals surface area contributed by atoms with Gasteiger partial charge in [-0.3, -0.25) is 9.59 Å². The summed E-state index contributed by atoms with van der Waals surface area (Å²) in [5.41, 5.74) is 1.60. The number of ether oxygens (including phenoxy) is 3. The molecule has 0 unspecified atom stereocenters. The smallest absolute Gasteiger partial charge is 0.306 e. The van der Waals surface area contributed by atoms with E-state index in [4.69, 9.17) is 19.5 Å². The molecule has 146 valence electrons. The highest BCUT2D eigenvalue weighted by Gasteiger charge is 2.19. The van der Waals surface area contributed by atoms with Crippen LogP contribution < -0.4 is 14.8 Å². The monoisotopic (exact) mass is 382 g/mol. The number of amides is 1. The summed E-state index contributed by atoms with van der Waals surface area (Å²) in [6.45, 7) is 1.48. The molecule has 28 heavy (non-hydrogen) atoms. The molecule has 2 aromatic rings. The number of para-hydroxylation sites is 1. The fraction of sp³-hybridized carbons (Fsp3) is 0.286. The van der Waals surface area contributed by atoms with Crippen molar-refractivity contribution in [3.63, 3.8) is 0 Å². The first-order valence-corrected chi connectivity index (χ1v) is 8.68. The lowest BCUT2D eigenvalue weighted by Crippen LogP contribution is -2.30. The number of esters is 1. The van der Waals surface area contributed by atoms with Crippen molar-refractivity contribution in [3.8, 4) is 17.6 Å². The maximum atomic E-state index is 12.2. The number of anilines is 1. The number of carbonyl (C=O) groups excluding carboxylic acids is 2. The molecule has 0 heterocycles. The maximum absolute atomic E-state index is 12.2. The molecular weight excluding hydrogens is 360 g/mol. The molecule has 0 fully saturated rings. The van der Waals surface area contributed by atoms with Crippen LogP contribution >= 0.6 is 0 Å². The van der Waals surface area contributed by atoms with Crippen LogP contribution in [0.5, 0.6) is 11.5 Å². The van der Waals surface area contributed by atoms with Crippen LogP contribution in [0, 0.1) is 11.3 Å². The number of carbonyl (C=O) groups is 2. The molecule has 1 atom stereocenters. The highest BCUT2D eigenvalue weighted by molar-refractivity contribution is 5.96. The van der Waals surface area contributed by atoms with Crippen molar-refractivity contribution < 1.29 is 23.8 Å². The molecule has 0 radical (unpaired) electrons. The highest BCUT2D eigenvalue weighted by Crippen LogP contribution is 2.28. The normalized spacial score (nSPS) is 11.1. The topological polar surface area (TPSA) is 97.6 Å². The van der Waals surface area contributed by atoms with Gasteiger partial charge in [0.25, 0.3) is 5.91 Å². The lowest BCUT2D eigenvalue weighted by Gasteiger charge is -2.14. The molecule has 2 rings (SSSR count). The zero-order valence-electron chi connectivity index (χ0n) is 16.0. The van der Waals surface area contributed by atoms with Crippen molar-refractivity contribution in [2.24, 2.45) is 0 Å². The summed E-state index contributed by atoms with van der Waals surface area (Å²) in [4.78, 5) is 24.3. The van der Waals surface area contributed by atoms with Gasteiger partial charge in [0, 0.05) is 6.42 Å². The Morgan fingerprint density at radius 2 is 1.82 bits per heavy atom. The molecule has 0 aliphatic carbocycles. The Kier molecular flexibility index (Phi) is 7.40. The second-order valence-electron chi connectivity index (χ2n) is 5.97. The Labute approximate surface area is 163 Å². The van der Waals surface area contributed by atoms with Crippen LogP contribution in [0.15, 0.2) is 42.5 Å². The second kappa shape index (κ2) is 9.97. The van der Waals surface area contributed by atoms with Crippen molar-refractivity contribution in [1.29, 1.82) is 5.26 Å². The summed E-state index contributed by atoms with van der Waals surface area (Å²) in [7, 11) is 3.09. The van der Waals surface area contributed by atoms with Gasteiger partial charge in [-0.15, -0.1) is 0 Å². The Morgan fingerprint density at radius 1 is 1.11 bits per heavy atom. The lowest BCUT2D eigenvalue weighted by atomic mass is 10.1. The van der Waals surface area contributed by atoms with E-state index in [9.17, 15) is 9.59 Å². The van der Waals surface area contributed by atoms with E-state index in [1.54, 1.807) is 50.6 Å². The third-order valence-electron chi connectivity index (χ3n) is 4.05. The van der Waals surface area contributed by atoms with Crippen LogP contribution in [-0.4, -0.2) is 32.2 Å². The van der Waals surface area contributed by atoms with Gasteiger partial charge in [0.1, 0.15) is 6.07 Å². The van der Waals surface area contributed by atoms with Crippen LogP contribution in [0.4, 0.5) is 5.69 Å². The number of nitrogens with zero attached hydrogens (tertiary/aromatic N) is 1. The Morgan fingerprint density at radius 3 is 2.50 bits per heavy atom. The average Bonchev–Trinajstić information content (AvgIpc) is 2.72. The maximum Gasteiger partial charge on any atom is 0.306 e. The first kappa shape index (κ1) is 20.8. The molecule has 0 saturated carbocycles. The molecule has 7 nitrogen and oxygen atoms in total. The minimum absolute atomic E-state index is 0.113. The minimum Gasteiger partial charge on any atom is -0.493 e. The molecule has 1 amide bonds. The van der Waals surface area contributed by atoms with Gasteiger partial charge in [-0.1, -0.05) is 18.2 Å². The number of rotatable bonds is 8. The largest absolute Gasteiger partial charge is 0.493 e. The molecule has 0 saturated heterocycles. The lowest BCUT2D eigenvalue weighted by molar-refractivity contribution is -0.153. The van der Waals surface area contributed by atoms with Crippen LogP contribution in [0.2, 0.25) is 0 Å². The molecule has 1 N–H and O–H groups in total. The van der Waals surface area contributed by atoms with E-state index in [0.29, 0.717) is 29.2 Å². The third-order valence-corrected chi connectivity index (χ3v) is 4.05. The van der Waals surface area contributed by atoms with E-state index < -0.39 is 18.0 Å². The van der Waals surface area contributed by atoms with Gasteiger partial charge < -0.3 is 19.5 Å². The van der Waals surface area contributed by atoms with Gasteiger partial charge in [-0.2, -0.15) is 5.26 Å². The van der Waals surface area contributed by atoms with Gasteiger partial charge in [0.2, 0.25) is 0 Å². The van der Waals surface area contributed by atoms with Gasteiger partial charge >= 0.3 is 5.97 Å². The molecular formula is C21H22N2O5.